The second kappa shape index (κ2) is 11.9. The molecule has 4 fully saturated rings. The van der Waals surface area contributed by atoms with E-state index in [0.29, 0.717) is 5.75 Å². The number of nitrogens with one attached hydrogen (secondary N) is 1. The van der Waals surface area contributed by atoms with Gasteiger partial charge in [-0.25, -0.2) is 0 Å². The van der Waals surface area contributed by atoms with E-state index in [0.717, 1.165) is 49.2 Å². The van der Waals surface area contributed by atoms with Crippen molar-refractivity contribution in [3.8, 4) is 0 Å². The zero-order chi connectivity index (χ0) is 23.1. The fraction of sp³-hybridized carbons (Fsp3) is 0.750. The summed E-state index contributed by atoms with van der Waals surface area (Å²) in [4.78, 5) is 12.0. The van der Waals surface area contributed by atoms with Crippen molar-refractivity contribution in [2.75, 3.05) is 11.5 Å². The third-order valence-corrected chi connectivity index (χ3v) is 8.75. The van der Waals surface area contributed by atoms with Crippen LogP contribution in [0, 0.1) is 17.8 Å². The van der Waals surface area contributed by atoms with Gasteiger partial charge >= 0.3 is 5.97 Å². The Morgan fingerprint density at radius 1 is 0.938 bits per heavy atom. The lowest BCUT2D eigenvalue weighted by molar-refractivity contribution is -0.140. The molecule has 4 bridgehead atoms. The fourth-order valence-corrected chi connectivity index (χ4v) is 7.56. The first kappa shape index (κ1) is 25.6. The molecule has 3 nitrogen and oxygen atoms in total. The summed E-state index contributed by atoms with van der Waals surface area (Å²) in [5.74, 6) is 3.40. The van der Waals surface area contributed by atoms with Crippen molar-refractivity contribution < 1.29 is 9.90 Å². The lowest BCUT2D eigenvalue weighted by atomic mass is 9.53. The number of carboxylic acids is 1. The first-order chi connectivity index (χ1) is 15.2. The number of hydrogen-bond donors (Lipinski definition) is 2. The van der Waals surface area contributed by atoms with Crippen LogP contribution in [0.15, 0.2) is 34.9 Å². The monoisotopic (exact) mass is 459 g/mol. The normalized spacial score (nSPS) is 30.4. The molecule has 4 saturated carbocycles. The topological polar surface area (TPSA) is 49.3 Å². The Balaban J connectivity index is 1.38. The molecule has 180 valence electrons. The van der Waals surface area contributed by atoms with E-state index in [-0.39, 0.29) is 5.54 Å². The van der Waals surface area contributed by atoms with Gasteiger partial charge in [-0.05, 0) is 110 Å². The number of rotatable bonds is 13. The van der Waals surface area contributed by atoms with Crippen LogP contribution >= 0.6 is 11.8 Å². The Morgan fingerprint density at radius 2 is 1.47 bits per heavy atom. The molecule has 0 aromatic heterocycles. The van der Waals surface area contributed by atoms with Crippen LogP contribution in [0.5, 0.6) is 0 Å². The highest BCUT2D eigenvalue weighted by Gasteiger charge is 2.51. The van der Waals surface area contributed by atoms with Crippen LogP contribution in [-0.2, 0) is 4.79 Å². The van der Waals surface area contributed by atoms with Gasteiger partial charge in [-0.15, -0.1) is 0 Å². The van der Waals surface area contributed by atoms with Crippen LogP contribution in [-0.4, -0.2) is 34.2 Å². The number of allylic oxidation sites excluding steroid dienone is 5. The number of carbonyl (C=O) groups is 1. The maximum atomic E-state index is 12.0. The molecule has 0 radical (unpaired) electrons. The minimum atomic E-state index is -0.678. The summed E-state index contributed by atoms with van der Waals surface area (Å²) in [7, 11) is 0. The first-order valence-corrected chi connectivity index (χ1v) is 13.9. The minimum Gasteiger partial charge on any atom is -0.480 e. The number of aliphatic carboxylic acids is 1. The van der Waals surface area contributed by atoms with Gasteiger partial charge in [0.25, 0.3) is 0 Å². The molecule has 0 amide bonds. The molecule has 0 spiro atoms. The van der Waals surface area contributed by atoms with Crippen LogP contribution in [0.25, 0.3) is 0 Å². The fourth-order valence-electron chi connectivity index (χ4n) is 6.56. The molecular weight excluding hydrogens is 414 g/mol. The van der Waals surface area contributed by atoms with E-state index in [1.807, 2.05) is 0 Å². The SMILES string of the molecule is CC(C)=CCCC(C)=CCCC(C)=CCSC[C@H](NC12CC3CC(CC(C3)C1)C2)C(=O)O. The van der Waals surface area contributed by atoms with E-state index in [1.54, 1.807) is 11.8 Å². The minimum absolute atomic E-state index is 0.111. The molecule has 4 aliphatic carbocycles. The van der Waals surface area contributed by atoms with Crippen LogP contribution in [0.1, 0.15) is 91.9 Å². The summed E-state index contributed by atoms with van der Waals surface area (Å²) >= 11 is 1.76. The van der Waals surface area contributed by atoms with Gasteiger partial charge in [0.05, 0.1) is 0 Å². The van der Waals surface area contributed by atoms with Crippen molar-refractivity contribution >= 4 is 17.7 Å². The maximum Gasteiger partial charge on any atom is 0.321 e. The second-order valence-electron chi connectivity index (χ2n) is 11.2. The van der Waals surface area contributed by atoms with Crippen molar-refractivity contribution in [3.05, 3.63) is 34.9 Å². The van der Waals surface area contributed by atoms with Crippen LogP contribution in [0.2, 0.25) is 0 Å². The average Bonchev–Trinajstić information content (AvgIpc) is 2.68. The van der Waals surface area contributed by atoms with Gasteiger partial charge in [-0.1, -0.05) is 34.9 Å². The molecule has 2 N–H and O–H groups in total. The molecule has 4 aliphatic rings. The predicted octanol–water partition coefficient (Wildman–Crippen LogP) is 7.15. The van der Waals surface area contributed by atoms with E-state index < -0.39 is 12.0 Å². The van der Waals surface area contributed by atoms with Gasteiger partial charge in [0.15, 0.2) is 0 Å². The predicted molar refractivity (Wildman–Crippen MR) is 138 cm³/mol. The van der Waals surface area contributed by atoms with Crippen molar-refractivity contribution in [3.63, 3.8) is 0 Å². The summed E-state index contributed by atoms with van der Waals surface area (Å²) in [6.07, 6.45) is 19.2. The lowest BCUT2D eigenvalue weighted by Gasteiger charge is -2.57. The number of hydrogen-bond acceptors (Lipinski definition) is 3. The maximum absolute atomic E-state index is 12.0. The van der Waals surface area contributed by atoms with Crippen LogP contribution < -0.4 is 5.32 Å². The van der Waals surface area contributed by atoms with E-state index in [2.05, 4.69) is 51.2 Å². The summed E-state index contributed by atoms with van der Waals surface area (Å²) < 4.78 is 0. The lowest BCUT2D eigenvalue weighted by Crippen LogP contribution is -2.62. The van der Waals surface area contributed by atoms with Crippen LogP contribution in [0.4, 0.5) is 0 Å². The summed E-state index contributed by atoms with van der Waals surface area (Å²) in [6, 6.07) is -0.420. The highest BCUT2D eigenvalue weighted by Crippen LogP contribution is 2.55. The van der Waals surface area contributed by atoms with E-state index in [9.17, 15) is 9.90 Å². The molecule has 4 rings (SSSR count). The third kappa shape index (κ3) is 7.80. The summed E-state index contributed by atoms with van der Waals surface area (Å²) in [6.45, 7) is 8.75. The molecule has 0 aliphatic heterocycles. The Hall–Kier alpha value is -1.00. The van der Waals surface area contributed by atoms with Crippen LogP contribution in [0.3, 0.4) is 0 Å². The zero-order valence-electron chi connectivity index (χ0n) is 20.8. The standard InChI is InChI=1S/C28H45NO2S/c1-20(2)7-5-8-21(3)9-6-10-22(4)11-12-32-19-26(27(30)31)29-28-16-23-13-24(17-28)15-25(14-23)18-28/h7,9,11,23-26,29H,5-6,8,10,12-19H2,1-4H3,(H,30,31)/t23?,24?,25?,26-,28?/m0/s1. The molecule has 1 atom stereocenters. The van der Waals surface area contributed by atoms with Gasteiger partial charge in [-0.2, -0.15) is 11.8 Å². The molecular formula is C28H45NO2S. The summed E-state index contributed by atoms with van der Waals surface area (Å²) in [5.41, 5.74) is 4.39. The highest BCUT2D eigenvalue weighted by atomic mass is 32.2. The molecule has 0 aromatic rings. The Labute approximate surface area is 200 Å². The molecule has 4 heteroatoms. The number of carboxylic acid groups (broad SMARTS) is 1. The van der Waals surface area contributed by atoms with Gasteiger partial charge in [0.2, 0.25) is 0 Å². The van der Waals surface area contributed by atoms with Crippen molar-refractivity contribution in [2.45, 2.75) is 103 Å². The van der Waals surface area contributed by atoms with Gasteiger partial charge in [0, 0.05) is 17.0 Å². The molecule has 0 aromatic carbocycles. The first-order valence-electron chi connectivity index (χ1n) is 12.8. The zero-order valence-corrected chi connectivity index (χ0v) is 21.6. The number of thioether (sulfide) groups is 1. The molecule has 0 unspecified atom stereocenters. The van der Waals surface area contributed by atoms with Crippen molar-refractivity contribution in [2.24, 2.45) is 17.8 Å². The quantitative estimate of drug-likeness (QED) is 0.227. The van der Waals surface area contributed by atoms with Gasteiger partial charge in [0.1, 0.15) is 6.04 Å². The molecule has 32 heavy (non-hydrogen) atoms. The van der Waals surface area contributed by atoms with E-state index in [4.69, 9.17) is 0 Å². The van der Waals surface area contributed by atoms with Crippen molar-refractivity contribution in [1.29, 1.82) is 0 Å². The smallest absolute Gasteiger partial charge is 0.321 e. The summed E-state index contributed by atoms with van der Waals surface area (Å²) in [5, 5.41) is 13.5. The van der Waals surface area contributed by atoms with Gasteiger partial charge in [-0.3, -0.25) is 10.1 Å². The second-order valence-corrected chi connectivity index (χ2v) is 12.3. The largest absolute Gasteiger partial charge is 0.480 e. The Morgan fingerprint density at radius 3 is 2.00 bits per heavy atom. The Kier molecular flexibility index (Phi) is 9.55. The van der Waals surface area contributed by atoms with E-state index in [1.165, 1.54) is 55.2 Å². The average molecular weight is 460 g/mol. The van der Waals surface area contributed by atoms with Gasteiger partial charge < -0.3 is 5.11 Å². The van der Waals surface area contributed by atoms with E-state index >= 15 is 0 Å². The Bertz CT molecular complexity index is 696. The highest BCUT2D eigenvalue weighted by molar-refractivity contribution is 7.99. The third-order valence-electron chi connectivity index (χ3n) is 7.77. The van der Waals surface area contributed by atoms with Crippen molar-refractivity contribution in [1.82, 2.24) is 5.32 Å². The molecule has 0 saturated heterocycles. The molecule has 0 heterocycles.